The molecule has 7 nitrogen and oxygen atoms in total. The fraction of sp³-hybridized carbons (Fsp3) is 0.474. The molecule has 2 amide bonds. The van der Waals surface area contributed by atoms with Crippen molar-refractivity contribution in [3.63, 3.8) is 0 Å². The Balaban J connectivity index is 1.62. The highest BCUT2D eigenvalue weighted by Crippen LogP contribution is 2.29. The van der Waals surface area contributed by atoms with Gasteiger partial charge in [0.05, 0.1) is 13.0 Å². The van der Waals surface area contributed by atoms with Gasteiger partial charge in [0.25, 0.3) is 0 Å². The second kappa shape index (κ2) is 8.47. The molecule has 0 bridgehead atoms. The predicted molar refractivity (Wildman–Crippen MR) is 105 cm³/mol. The van der Waals surface area contributed by atoms with Gasteiger partial charge in [0, 0.05) is 24.6 Å². The molecule has 27 heavy (non-hydrogen) atoms. The van der Waals surface area contributed by atoms with Gasteiger partial charge in [-0.25, -0.2) is 0 Å². The number of ether oxygens (including phenoxy) is 1. The van der Waals surface area contributed by atoms with Gasteiger partial charge in [0.1, 0.15) is 10.8 Å². The van der Waals surface area contributed by atoms with Crippen molar-refractivity contribution in [1.82, 2.24) is 10.2 Å². The quantitative estimate of drug-likeness (QED) is 0.785. The van der Waals surface area contributed by atoms with E-state index >= 15 is 0 Å². The summed E-state index contributed by atoms with van der Waals surface area (Å²) in [6, 6.07) is 7.25. The molecule has 1 aliphatic rings. The lowest BCUT2D eigenvalue weighted by Gasteiger charge is -2.16. The molecular formula is C19H24N4O3S. The lowest BCUT2D eigenvalue weighted by Crippen LogP contribution is -2.28. The van der Waals surface area contributed by atoms with E-state index in [1.807, 2.05) is 12.1 Å². The largest absolute Gasteiger partial charge is 0.497 e. The van der Waals surface area contributed by atoms with E-state index in [1.165, 1.54) is 11.3 Å². The van der Waals surface area contributed by atoms with E-state index in [9.17, 15) is 9.59 Å². The number of amides is 2. The number of carbonyl (C=O) groups excluding carboxylic acids is 2. The number of methoxy groups -OCH3 is 1. The van der Waals surface area contributed by atoms with Crippen molar-refractivity contribution in [2.24, 2.45) is 5.92 Å². The van der Waals surface area contributed by atoms with Crippen LogP contribution < -0.4 is 15.0 Å². The molecule has 0 spiro atoms. The Hall–Kier alpha value is -2.48. The second-order valence-electron chi connectivity index (χ2n) is 6.73. The van der Waals surface area contributed by atoms with Crippen LogP contribution in [0, 0.1) is 5.92 Å². The first-order chi connectivity index (χ1) is 13.0. The zero-order valence-corrected chi connectivity index (χ0v) is 16.6. The summed E-state index contributed by atoms with van der Waals surface area (Å²) in [6.45, 7) is 4.60. The number of carbonyl (C=O) groups is 2. The summed E-state index contributed by atoms with van der Waals surface area (Å²) in [5, 5.41) is 12.5. The highest BCUT2D eigenvalue weighted by Gasteiger charge is 2.35. The molecule has 2 aromatic rings. The zero-order valence-electron chi connectivity index (χ0n) is 15.8. The van der Waals surface area contributed by atoms with Crippen molar-refractivity contribution in [2.75, 3.05) is 23.9 Å². The number of rotatable bonds is 7. The summed E-state index contributed by atoms with van der Waals surface area (Å²) >= 11 is 1.40. The van der Waals surface area contributed by atoms with Crippen molar-refractivity contribution in [3.8, 4) is 5.75 Å². The van der Waals surface area contributed by atoms with Gasteiger partial charge in [0.2, 0.25) is 16.9 Å². The van der Waals surface area contributed by atoms with Gasteiger partial charge in [-0.3, -0.25) is 9.59 Å². The fourth-order valence-electron chi connectivity index (χ4n) is 3.14. The van der Waals surface area contributed by atoms with Crippen molar-refractivity contribution in [1.29, 1.82) is 0 Å². The molecule has 144 valence electrons. The van der Waals surface area contributed by atoms with E-state index in [4.69, 9.17) is 4.74 Å². The summed E-state index contributed by atoms with van der Waals surface area (Å²) in [7, 11) is 1.60. The predicted octanol–water partition coefficient (Wildman–Crippen LogP) is 3.44. The summed E-state index contributed by atoms with van der Waals surface area (Å²) < 4.78 is 5.14. The Morgan fingerprint density at radius 1 is 1.37 bits per heavy atom. The van der Waals surface area contributed by atoms with Crippen LogP contribution in [-0.2, 0) is 9.59 Å². The van der Waals surface area contributed by atoms with Gasteiger partial charge < -0.3 is 15.0 Å². The van der Waals surface area contributed by atoms with E-state index < -0.39 is 5.92 Å². The van der Waals surface area contributed by atoms with Crippen molar-refractivity contribution in [3.05, 3.63) is 29.3 Å². The number of nitrogens with one attached hydrogen (secondary N) is 1. The molecule has 1 fully saturated rings. The monoisotopic (exact) mass is 388 g/mol. The van der Waals surface area contributed by atoms with E-state index in [1.54, 1.807) is 24.1 Å². The number of benzene rings is 1. The maximum atomic E-state index is 12.6. The lowest BCUT2D eigenvalue weighted by molar-refractivity contribution is -0.122. The molecule has 1 aromatic carbocycles. The first-order valence-electron chi connectivity index (χ1n) is 9.10. The van der Waals surface area contributed by atoms with Crippen LogP contribution >= 0.6 is 11.3 Å². The highest BCUT2D eigenvalue weighted by atomic mass is 32.1. The summed E-state index contributed by atoms with van der Waals surface area (Å²) in [6.07, 6.45) is 2.31. The molecule has 0 unspecified atom stereocenters. The van der Waals surface area contributed by atoms with Gasteiger partial charge in [-0.05, 0) is 30.7 Å². The van der Waals surface area contributed by atoms with Crippen LogP contribution in [0.1, 0.15) is 44.0 Å². The molecule has 1 aliphatic heterocycles. The van der Waals surface area contributed by atoms with Crippen LogP contribution in [0.3, 0.4) is 0 Å². The fourth-order valence-corrected chi connectivity index (χ4v) is 3.98. The topological polar surface area (TPSA) is 84.4 Å². The van der Waals surface area contributed by atoms with E-state index in [-0.39, 0.29) is 18.2 Å². The first-order valence-corrected chi connectivity index (χ1v) is 9.92. The molecule has 1 saturated heterocycles. The lowest BCUT2D eigenvalue weighted by atomic mass is 10.1. The Morgan fingerprint density at radius 2 is 2.11 bits per heavy atom. The van der Waals surface area contributed by atoms with E-state index in [0.29, 0.717) is 17.6 Å². The Morgan fingerprint density at radius 3 is 2.78 bits per heavy atom. The maximum Gasteiger partial charge on any atom is 0.231 e. The van der Waals surface area contributed by atoms with Crippen LogP contribution in [0.5, 0.6) is 5.75 Å². The SMILES string of the molecule is CCC[C@H](C)c1nnc(NC(=O)[C@@H]2CC(=O)N(c3ccc(OC)cc3)C2)s1. The third-order valence-electron chi connectivity index (χ3n) is 4.69. The molecular weight excluding hydrogens is 364 g/mol. The summed E-state index contributed by atoms with van der Waals surface area (Å²) in [5.74, 6) is 0.404. The normalized spacial score (nSPS) is 17.8. The Labute approximate surface area is 162 Å². The molecule has 0 radical (unpaired) electrons. The van der Waals surface area contributed by atoms with Gasteiger partial charge in [-0.15, -0.1) is 10.2 Å². The Kier molecular flexibility index (Phi) is 6.05. The van der Waals surface area contributed by atoms with E-state index in [2.05, 4.69) is 29.4 Å². The van der Waals surface area contributed by atoms with Gasteiger partial charge in [-0.1, -0.05) is 31.6 Å². The number of aromatic nitrogens is 2. The molecule has 2 atom stereocenters. The number of anilines is 2. The first kappa shape index (κ1) is 19.3. The van der Waals surface area contributed by atoms with Crippen LogP contribution in [-0.4, -0.2) is 35.7 Å². The summed E-state index contributed by atoms with van der Waals surface area (Å²) in [5.41, 5.74) is 0.766. The Bertz CT molecular complexity index is 806. The van der Waals surface area contributed by atoms with Crippen molar-refractivity contribution >= 4 is 34.0 Å². The molecule has 2 heterocycles. The van der Waals surface area contributed by atoms with Crippen LogP contribution in [0.4, 0.5) is 10.8 Å². The smallest absolute Gasteiger partial charge is 0.231 e. The van der Waals surface area contributed by atoms with Crippen molar-refractivity contribution in [2.45, 2.75) is 39.0 Å². The van der Waals surface area contributed by atoms with E-state index in [0.717, 1.165) is 29.3 Å². The summed E-state index contributed by atoms with van der Waals surface area (Å²) in [4.78, 5) is 26.6. The molecule has 0 aliphatic carbocycles. The standard InChI is InChI=1S/C19H24N4O3S/c1-4-5-12(2)18-21-22-19(27-18)20-17(25)13-10-16(24)23(11-13)14-6-8-15(26-3)9-7-14/h6-9,12-13H,4-5,10-11H2,1-3H3,(H,20,22,25)/t12-,13+/m0/s1. The third kappa shape index (κ3) is 4.44. The number of hydrogen-bond acceptors (Lipinski definition) is 6. The number of nitrogens with zero attached hydrogens (tertiary/aromatic N) is 3. The highest BCUT2D eigenvalue weighted by molar-refractivity contribution is 7.15. The molecule has 1 N–H and O–H groups in total. The van der Waals surface area contributed by atoms with Crippen molar-refractivity contribution < 1.29 is 14.3 Å². The molecule has 8 heteroatoms. The van der Waals surface area contributed by atoms with Crippen LogP contribution in [0.15, 0.2) is 24.3 Å². The molecule has 3 rings (SSSR count). The average Bonchev–Trinajstić information content (AvgIpc) is 3.29. The number of hydrogen-bond donors (Lipinski definition) is 1. The molecule has 0 saturated carbocycles. The van der Waals surface area contributed by atoms with Crippen LogP contribution in [0.25, 0.3) is 0 Å². The molecule has 1 aromatic heterocycles. The maximum absolute atomic E-state index is 12.6. The zero-order chi connectivity index (χ0) is 19.4. The minimum absolute atomic E-state index is 0.0603. The van der Waals surface area contributed by atoms with Gasteiger partial charge >= 0.3 is 0 Å². The average molecular weight is 388 g/mol. The van der Waals surface area contributed by atoms with Gasteiger partial charge in [-0.2, -0.15) is 0 Å². The van der Waals surface area contributed by atoms with Gasteiger partial charge in [0.15, 0.2) is 0 Å². The van der Waals surface area contributed by atoms with Crippen LogP contribution in [0.2, 0.25) is 0 Å². The second-order valence-corrected chi connectivity index (χ2v) is 7.74. The third-order valence-corrected chi connectivity index (χ3v) is 5.76. The minimum Gasteiger partial charge on any atom is -0.497 e. The minimum atomic E-state index is -0.403.